The Bertz CT molecular complexity index is 1230. The predicted octanol–water partition coefficient (Wildman–Crippen LogP) is 5.11. The molecule has 180 valence electrons. The number of para-hydroxylation sites is 1. The number of ether oxygens (including phenoxy) is 1. The van der Waals surface area contributed by atoms with Crippen LogP contribution in [0.2, 0.25) is 0 Å². The molecule has 0 bridgehead atoms. The second-order valence-electron chi connectivity index (χ2n) is 8.08. The van der Waals surface area contributed by atoms with Crippen LogP contribution in [0.5, 0.6) is 5.75 Å². The number of halogens is 3. The normalized spacial score (nSPS) is 13.6. The van der Waals surface area contributed by atoms with Crippen LogP contribution in [0.15, 0.2) is 72.8 Å². The Morgan fingerprint density at radius 3 is 2.29 bits per heavy atom. The van der Waals surface area contributed by atoms with E-state index < -0.39 is 21.8 Å². The molecule has 0 saturated heterocycles. The highest BCUT2D eigenvalue weighted by Crippen LogP contribution is 2.32. The van der Waals surface area contributed by atoms with Gasteiger partial charge in [0, 0.05) is 18.8 Å². The Morgan fingerprint density at radius 2 is 1.65 bits per heavy atom. The van der Waals surface area contributed by atoms with E-state index in [1.165, 1.54) is 29.1 Å². The van der Waals surface area contributed by atoms with Crippen LogP contribution in [0, 0.1) is 0 Å². The summed E-state index contributed by atoms with van der Waals surface area (Å²) < 4.78 is 72.4. The van der Waals surface area contributed by atoms with Crippen LogP contribution in [0.3, 0.4) is 0 Å². The summed E-state index contributed by atoms with van der Waals surface area (Å²) in [7, 11) is -2.32. The highest BCUT2D eigenvalue weighted by Gasteiger charge is 2.31. The van der Waals surface area contributed by atoms with E-state index in [1.807, 2.05) is 29.2 Å². The average Bonchev–Trinajstić information content (AvgIpc) is 3.24. The molecule has 9 heteroatoms. The summed E-state index contributed by atoms with van der Waals surface area (Å²) in [4.78, 5) is 2.03. The monoisotopic (exact) mass is 490 g/mol. The van der Waals surface area contributed by atoms with Crippen LogP contribution in [-0.2, 0) is 29.2 Å². The maximum absolute atomic E-state index is 13.5. The molecule has 0 spiro atoms. The first kappa shape index (κ1) is 23.9. The first-order valence-corrected chi connectivity index (χ1v) is 12.4. The number of fused-ring (bicyclic) bond motifs is 1. The van der Waals surface area contributed by atoms with Gasteiger partial charge in [0.2, 0.25) is 10.0 Å². The minimum absolute atomic E-state index is 0.00568. The quantitative estimate of drug-likeness (QED) is 0.440. The lowest BCUT2D eigenvalue weighted by Crippen LogP contribution is -2.37. The van der Waals surface area contributed by atoms with E-state index in [0.29, 0.717) is 17.9 Å². The summed E-state index contributed by atoms with van der Waals surface area (Å²) in [5, 5.41) is 0. The van der Waals surface area contributed by atoms with E-state index in [4.69, 9.17) is 4.74 Å². The number of benzene rings is 3. The van der Waals surface area contributed by atoms with Gasteiger partial charge in [0.1, 0.15) is 5.75 Å². The van der Waals surface area contributed by atoms with E-state index in [-0.39, 0.29) is 18.0 Å². The fourth-order valence-electron chi connectivity index (χ4n) is 4.04. The number of methoxy groups -OCH3 is 1. The van der Waals surface area contributed by atoms with Crippen molar-refractivity contribution in [3.05, 3.63) is 89.5 Å². The Kier molecular flexibility index (Phi) is 6.74. The van der Waals surface area contributed by atoms with Crippen molar-refractivity contribution in [1.82, 2.24) is 0 Å². The zero-order valence-corrected chi connectivity index (χ0v) is 19.4. The number of nitrogens with zero attached hydrogens (tertiary/aromatic N) is 2. The van der Waals surface area contributed by atoms with Crippen molar-refractivity contribution in [2.24, 2.45) is 0 Å². The average molecular weight is 491 g/mol. The number of rotatable bonds is 8. The van der Waals surface area contributed by atoms with Crippen molar-refractivity contribution in [3.63, 3.8) is 0 Å². The van der Waals surface area contributed by atoms with Crippen molar-refractivity contribution in [3.8, 4) is 5.75 Å². The number of hydrogen-bond acceptors (Lipinski definition) is 4. The summed E-state index contributed by atoms with van der Waals surface area (Å²) >= 11 is 0. The molecule has 0 fully saturated rings. The van der Waals surface area contributed by atoms with Crippen LogP contribution in [-0.4, -0.2) is 34.4 Å². The Labute approximate surface area is 197 Å². The van der Waals surface area contributed by atoms with Gasteiger partial charge in [-0.3, -0.25) is 4.31 Å². The molecule has 0 aliphatic carbocycles. The maximum Gasteiger partial charge on any atom is 0.416 e. The van der Waals surface area contributed by atoms with Gasteiger partial charge in [-0.2, -0.15) is 13.2 Å². The molecule has 34 heavy (non-hydrogen) atoms. The number of anilines is 2. The maximum atomic E-state index is 13.5. The van der Waals surface area contributed by atoms with Gasteiger partial charge in [0.15, 0.2) is 0 Å². The molecular weight excluding hydrogens is 465 g/mol. The van der Waals surface area contributed by atoms with Gasteiger partial charge in [-0.25, -0.2) is 8.42 Å². The lowest BCUT2D eigenvalue weighted by atomic mass is 10.2. The first-order valence-electron chi connectivity index (χ1n) is 10.8. The molecule has 1 aliphatic heterocycles. The van der Waals surface area contributed by atoms with Gasteiger partial charge in [0.25, 0.3) is 0 Å². The summed E-state index contributed by atoms with van der Waals surface area (Å²) in [6.45, 7) is 1.01. The molecule has 0 unspecified atom stereocenters. The van der Waals surface area contributed by atoms with Gasteiger partial charge in [-0.05, 0) is 60.0 Å². The highest BCUT2D eigenvalue weighted by atomic mass is 32.2. The SMILES string of the molecule is COc1ccc(CN(c2ccc(C(F)(F)F)cc2)S(=O)(=O)CCN2CCc3ccccc32)cc1. The van der Waals surface area contributed by atoms with Crippen molar-refractivity contribution in [2.45, 2.75) is 19.1 Å². The van der Waals surface area contributed by atoms with Crippen LogP contribution in [0.4, 0.5) is 24.5 Å². The predicted molar refractivity (Wildman–Crippen MR) is 127 cm³/mol. The van der Waals surface area contributed by atoms with Gasteiger partial charge in [0.05, 0.1) is 30.7 Å². The summed E-state index contributed by atoms with van der Waals surface area (Å²) in [6.07, 6.45) is -3.65. The van der Waals surface area contributed by atoms with Gasteiger partial charge < -0.3 is 9.64 Å². The van der Waals surface area contributed by atoms with Gasteiger partial charge in [-0.1, -0.05) is 30.3 Å². The third-order valence-corrected chi connectivity index (χ3v) is 7.62. The zero-order chi connectivity index (χ0) is 24.3. The molecule has 0 aromatic heterocycles. The summed E-state index contributed by atoms with van der Waals surface area (Å²) in [6, 6.07) is 19.0. The Morgan fingerprint density at radius 1 is 0.971 bits per heavy atom. The molecular formula is C25H25F3N2O3S. The van der Waals surface area contributed by atoms with Crippen molar-refractivity contribution < 1.29 is 26.3 Å². The topological polar surface area (TPSA) is 49.9 Å². The first-order chi connectivity index (χ1) is 16.2. The zero-order valence-electron chi connectivity index (χ0n) is 18.6. The van der Waals surface area contributed by atoms with Crippen molar-refractivity contribution >= 4 is 21.4 Å². The molecule has 5 nitrogen and oxygen atoms in total. The molecule has 1 aliphatic rings. The van der Waals surface area contributed by atoms with E-state index in [0.717, 1.165) is 30.8 Å². The second-order valence-corrected chi connectivity index (χ2v) is 10.1. The number of alkyl halides is 3. The second kappa shape index (κ2) is 9.58. The summed E-state index contributed by atoms with van der Waals surface area (Å²) in [5.74, 6) is 0.457. The highest BCUT2D eigenvalue weighted by molar-refractivity contribution is 7.92. The molecule has 3 aromatic rings. The smallest absolute Gasteiger partial charge is 0.416 e. The Hall–Kier alpha value is -3.20. The van der Waals surface area contributed by atoms with E-state index >= 15 is 0 Å². The number of sulfonamides is 1. The molecule has 1 heterocycles. The van der Waals surface area contributed by atoms with Crippen molar-refractivity contribution in [1.29, 1.82) is 0 Å². The van der Waals surface area contributed by atoms with Crippen LogP contribution in [0.1, 0.15) is 16.7 Å². The standard InChI is InChI=1S/C25H25F3N2O3S/c1-33-23-12-6-19(7-13-23)18-30(22-10-8-21(9-11-22)25(26,27)28)34(31,32)17-16-29-15-14-20-4-2-3-5-24(20)29/h2-13H,14-18H2,1H3. The fourth-order valence-corrected chi connectivity index (χ4v) is 5.50. The molecule has 0 atom stereocenters. The van der Waals surface area contributed by atoms with Crippen LogP contribution < -0.4 is 13.9 Å². The largest absolute Gasteiger partial charge is 0.497 e. The summed E-state index contributed by atoms with van der Waals surface area (Å²) in [5.41, 5.74) is 2.25. The lowest BCUT2D eigenvalue weighted by molar-refractivity contribution is -0.137. The van der Waals surface area contributed by atoms with Gasteiger partial charge in [-0.15, -0.1) is 0 Å². The van der Waals surface area contributed by atoms with E-state index in [9.17, 15) is 21.6 Å². The fraction of sp³-hybridized carbons (Fsp3) is 0.280. The molecule has 0 radical (unpaired) electrons. The van der Waals surface area contributed by atoms with Gasteiger partial charge >= 0.3 is 6.18 Å². The number of hydrogen-bond donors (Lipinski definition) is 0. The molecule has 4 rings (SSSR count). The van der Waals surface area contributed by atoms with Crippen LogP contribution >= 0.6 is 0 Å². The molecule has 0 amide bonds. The van der Waals surface area contributed by atoms with Crippen LogP contribution in [0.25, 0.3) is 0 Å². The van der Waals surface area contributed by atoms with E-state index in [1.54, 1.807) is 24.3 Å². The lowest BCUT2D eigenvalue weighted by Gasteiger charge is -2.27. The minimum atomic E-state index is -4.50. The minimum Gasteiger partial charge on any atom is -0.497 e. The Balaban J connectivity index is 1.59. The third kappa shape index (κ3) is 5.30. The molecule has 3 aromatic carbocycles. The third-order valence-electron chi connectivity index (χ3n) is 5.91. The van der Waals surface area contributed by atoms with E-state index in [2.05, 4.69) is 0 Å². The molecule has 0 N–H and O–H groups in total. The van der Waals surface area contributed by atoms with Crippen molar-refractivity contribution in [2.75, 3.05) is 35.2 Å². The molecule has 0 saturated carbocycles.